The van der Waals surface area contributed by atoms with Gasteiger partial charge in [0, 0.05) is 12.6 Å². The van der Waals surface area contributed by atoms with Gasteiger partial charge in [0.15, 0.2) is 0 Å². The van der Waals surface area contributed by atoms with Crippen molar-refractivity contribution in [1.29, 1.82) is 0 Å². The average molecular weight is 592 g/mol. The van der Waals surface area contributed by atoms with E-state index in [2.05, 4.69) is 5.32 Å². The molecule has 0 spiro atoms. The number of nitrogens with zero attached hydrogens (tertiary/aromatic N) is 2. The molecule has 4 rings (SSSR count). The van der Waals surface area contributed by atoms with Crippen molar-refractivity contribution in [2.24, 2.45) is 0 Å². The van der Waals surface area contributed by atoms with Gasteiger partial charge in [0.1, 0.15) is 18.3 Å². The normalized spacial score (nSPS) is 14.5. The number of nitrogens with one attached hydrogen (secondary N) is 1. The Kier molecular flexibility index (Phi) is 11.0. The largest absolute Gasteiger partial charge is 0.494 e. The minimum atomic E-state index is -4.12. The predicted octanol–water partition coefficient (Wildman–Crippen LogP) is 5.19. The Bertz CT molecular complexity index is 1390. The number of carbonyl (C=O) groups excluding carboxylic acids is 2. The van der Waals surface area contributed by atoms with Crippen molar-refractivity contribution in [3.05, 3.63) is 90.5 Å². The minimum Gasteiger partial charge on any atom is -0.494 e. The third kappa shape index (κ3) is 8.12. The number of rotatable bonds is 13. The van der Waals surface area contributed by atoms with Gasteiger partial charge in [-0.05, 0) is 75.1 Å². The quantitative estimate of drug-likeness (QED) is 0.295. The lowest BCUT2D eigenvalue weighted by Gasteiger charge is -2.33. The van der Waals surface area contributed by atoms with Gasteiger partial charge >= 0.3 is 0 Å². The van der Waals surface area contributed by atoms with Gasteiger partial charge in [-0.25, -0.2) is 8.42 Å². The van der Waals surface area contributed by atoms with Gasteiger partial charge in [-0.3, -0.25) is 13.9 Å². The molecule has 1 aliphatic rings. The monoisotopic (exact) mass is 591 g/mol. The molecule has 0 radical (unpaired) electrons. The van der Waals surface area contributed by atoms with E-state index in [-0.39, 0.29) is 23.4 Å². The molecule has 0 bridgehead atoms. The van der Waals surface area contributed by atoms with E-state index in [0.717, 1.165) is 35.6 Å². The molecule has 3 aromatic rings. The first-order chi connectivity index (χ1) is 20.3. The van der Waals surface area contributed by atoms with E-state index in [9.17, 15) is 18.0 Å². The van der Waals surface area contributed by atoms with E-state index in [1.807, 2.05) is 37.3 Å². The third-order valence-corrected chi connectivity index (χ3v) is 9.44. The molecule has 0 aliphatic heterocycles. The number of para-hydroxylation sites is 1. The summed E-state index contributed by atoms with van der Waals surface area (Å²) in [6.45, 7) is 3.85. The average Bonchev–Trinajstić information content (AvgIpc) is 3.01. The van der Waals surface area contributed by atoms with E-state index in [1.54, 1.807) is 49.4 Å². The highest BCUT2D eigenvalue weighted by Crippen LogP contribution is 2.26. The van der Waals surface area contributed by atoms with E-state index >= 15 is 0 Å². The Morgan fingerprint density at radius 1 is 0.905 bits per heavy atom. The number of benzene rings is 3. The fraction of sp³-hybridized carbons (Fsp3) is 0.394. The number of sulfonamides is 1. The Morgan fingerprint density at radius 3 is 2.14 bits per heavy atom. The molecule has 1 N–H and O–H groups in total. The first-order valence-corrected chi connectivity index (χ1v) is 16.2. The van der Waals surface area contributed by atoms with Gasteiger partial charge in [0.2, 0.25) is 11.8 Å². The number of hydrogen-bond donors (Lipinski definition) is 1. The molecule has 8 nitrogen and oxygen atoms in total. The Hall–Kier alpha value is -3.85. The molecule has 42 heavy (non-hydrogen) atoms. The highest BCUT2D eigenvalue weighted by molar-refractivity contribution is 7.92. The summed E-state index contributed by atoms with van der Waals surface area (Å²) in [4.78, 5) is 29.0. The van der Waals surface area contributed by atoms with Gasteiger partial charge < -0.3 is 15.0 Å². The van der Waals surface area contributed by atoms with Gasteiger partial charge in [-0.1, -0.05) is 67.8 Å². The summed E-state index contributed by atoms with van der Waals surface area (Å²) in [6.07, 6.45) is 5.71. The fourth-order valence-electron chi connectivity index (χ4n) is 5.26. The second kappa shape index (κ2) is 14.9. The van der Waals surface area contributed by atoms with E-state index in [0.29, 0.717) is 24.5 Å². The lowest BCUT2D eigenvalue weighted by molar-refractivity contribution is -0.139. The van der Waals surface area contributed by atoms with Gasteiger partial charge in [0.25, 0.3) is 10.0 Å². The highest BCUT2D eigenvalue weighted by Gasteiger charge is 2.33. The second-order valence-electron chi connectivity index (χ2n) is 10.6. The molecule has 9 heteroatoms. The molecule has 224 valence electrons. The van der Waals surface area contributed by atoms with Crippen LogP contribution in [0, 0.1) is 0 Å². The number of amides is 2. The molecule has 1 unspecified atom stereocenters. The van der Waals surface area contributed by atoms with Crippen LogP contribution in [-0.4, -0.2) is 56.9 Å². The van der Waals surface area contributed by atoms with Crippen LogP contribution in [0.25, 0.3) is 0 Å². The molecule has 1 fully saturated rings. The SMILES string of the molecule is CCOc1ccc(S(=O)(=O)N(CC(=O)N(CCc2ccccc2)C(C)C(=O)NC2CCCCC2)c2ccccc2)cc1. The molecule has 0 heterocycles. The number of hydrogen-bond acceptors (Lipinski definition) is 5. The minimum absolute atomic E-state index is 0.0431. The zero-order valence-electron chi connectivity index (χ0n) is 24.4. The fourth-order valence-corrected chi connectivity index (χ4v) is 6.68. The zero-order valence-corrected chi connectivity index (χ0v) is 25.3. The van der Waals surface area contributed by atoms with Crippen molar-refractivity contribution in [1.82, 2.24) is 10.2 Å². The molecular formula is C33H41N3O5S. The molecule has 1 saturated carbocycles. The standard InChI is InChI=1S/C33H41N3O5S/c1-3-41-30-19-21-31(22-20-30)42(39,40)36(29-17-11-6-12-18-29)25-32(37)35(24-23-27-13-7-4-8-14-27)26(2)33(38)34-28-15-9-5-10-16-28/h4,6-8,11-14,17-22,26,28H,3,5,9-10,15-16,23-25H2,1-2H3,(H,34,38). The molecule has 1 atom stereocenters. The second-order valence-corrected chi connectivity index (χ2v) is 12.5. The molecular weight excluding hydrogens is 550 g/mol. The first-order valence-electron chi connectivity index (χ1n) is 14.7. The first kappa shape index (κ1) is 31.1. The molecule has 3 aromatic carbocycles. The molecule has 0 saturated heterocycles. The van der Waals surface area contributed by atoms with Crippen LogP contribution in [0.15, 0.2) is 89.8 Å². The number of carbonyl (C=O) groups is 2. The van der Waals surface area contributed by atoms with Crippen LogP contribution in [-0.2, 0) is 26.0 Å². The van der Waals surface area contributed by atoms with Gasteiger partial charge in [-0.2, -0.15) is 0 Å². The molecule has 2 amide bonds. The van der Waals surface area contributed by atoms with Gasteiger partial charge in [0.05, 0.1) is 17.2 Å². The number of ether oxygens (including phenoxy) is 1. The lowest BCUT2D eigenvalue weighted by Crippen LogP contribution is -2.53. The summed E-state index contributed by atoms with van der Waals surface area (Å²) in [7, 11) is -4.12. The molecule has 0 aromatic heterocycles. The maximum Gasteiger partial charge on any atom is 0.264 e. The topological polar surface area (TPSA) is 96.0 Å². The van der Waals surface area contributed by atoms with Crippen molar-refractivity contribution in [2.75, 3.05) is 24.0 Å². The van der Waals surface area contributed by atoms with Crippen molar-refractivity contribution in [3.63, 3.8) is 0 Å². The van der Waals surface area contributed by atoms with Crippen LogP contribution in [0.3, 0.4) is 0 Å². The lowest BCUT2D eigenvalue weighted by atomic mass is 9.95. The summed E-state index contributed by atoms with van der Waals surface area (Å²) in [5, 5.41) is 3.13. The highest BCUT2D eigenvalue weighted by atomic mass is 32.2. The van der Waals surface area contributed by atoms with E-state index in [1.165, 1.54) is 23.5 Å². The Balaban J connectivity index is 1.61. The summed E-state index contributed by atoms with van der Waals surface area (Å²) in [5.74, 6) is -0.108. The summed E-state index contributed by atoms with van der Waals surface area (Å²) >= 11 is 0. The maximum atomic E-state index is 14.0. The summed E-state index contributed by atoms with van der Waals surface area (Å²) < 4.78 is 34.5. The van der Waals surface area contributed by atoms with Crippen LogP contribution in [0.1, 0.15) is 51.5 Å². The van der Waals surface area contributed by atoms with Gasteiger partial charge in [-0.15, -0.1) is 0 Å². The van der Waals surface area contributed by atoms with E-state index < -0.39 is 28.5 Å². The third-order valence-electron chi connectivity index (χ3n) is 7.65. The summed E-state index contributed by atoms with van der Waals surface area (Å²) in [5.41, 5.74) is 1.39. The van der Waals surface area contributed by atoms with Crippen molar-refractivity contribution in [3.8, 4) is 5.75 Å². The van der Waals surface area contributed by atoms with Crippen molar-refractivity contribution in [2.45, 2.75) is 69.4 Å². The van der Waals surface area contributed by atoms with E-state index in [4.69, 9.17) is 4.74 Å². The van der Waals surface area contributed by atoms with Crippen molar-refractivity contribution >= 4 is 27.5 Å². The summed E-state index contributed by atoms with van der Waals surface area (Å²) in [6, 6.07) is 23.8. The van der Waals surface area contributed by atoms with Crippen LogP contribution in [0.2, 0.25) is 0 Å². The zero-order chi connectivity index (χ0) is 30.0. The van der Waals surface area contributed by atoms with Crippen LogP contribution >= 0.6 is 0 Å². The van der Waals surface area contributed by atoms with Crippen molar-refractivity contribution < 1.29 is 22.7 Å². The predicted molar refractivity (Wildman–Crippen MR) is 165 cm³/mol. The van der Waals surface area contributed by atoms with Crippen LogP contribution in [0.4, 0.5) is 5.69 Å². The Morgan fingerprint density at radius 2 is 1.52 bits per heavy atom. The smallest absolute Gasteiger partial charge is 0.264 e. The number of anilines is 1. The molecule has 1 aliphatic carbocycles. The van der Waals surface area contributed by atoms with Crippen LogP contribution in [0.5, 0.6) is 5.75 Å². The van der Waals surface area contributed by atoms with Crippen LogP contribution < -0.4 is 14.4 Å². The Labute approximate surface area is 249 Å². The maximum absolute atomic E-state index is 14.0.